The fraction of sp³-hybridized carbons (Fsp3) is 0.167. The Bertz CT molecular complexity index is 233. The first kappa shape index (κ1) is 9.39. The molecular formula is C6H5Cl2NS2. The van der Waals surface area contributed by atoms with Gasteiger partial charge in [-0.25, -0.2) is 4.98 Å². The molecule has 1 aromatic rings. The van der Waals surface area contributed by atoms with E-state index in [4.69, 9.17) is 23.2 Å². The molecule has 0 spiro atoms. The highest BCUT2D eigenvalue weighted by atomic mass is 35.5. The maximum absolute atomic E-state index is 5.67. The van der Waals surface area contributed by atoms with Crippen molar-refractivity contribution in [3.8, 4) is 0 Å². The Labute approximate surface area is 83.4 Å². The lowest BCUT2D eigenvalue weighted by Crippen LogP contribution is -1.75. The predicted molar refractivity (Wildman–Crippen MR) is 52.6 cm³/mol. The molecule has 0 aromatic carbocycles. The number of aromatic nitrogens is 1. The van der Waals surface area contributed by atoms with E-state index >= 15 is 0 Å². The second-order valence-electron chi connectivity index (χ2n) is 1.64. The Hall–Kier alpha value is 0.300. The highest BCUT2D eigenvalue weighted by molar-refractivity contribution is 8.01. The normalized spacial score (nSPS) is 12.0. The average Bonchev–Trinajstić information content (AvgIpc) is 2.52. The highest BCUT2D eigenvalue weighted by Crippen LogP contribution is 2.23. The molecule has 0 unspecified atom stereocenters. The average molecular weight is 226 g/mol. The highest BCUT2D eigenvalue weighted by Gasteiger charge is 1.97. The van der Waals surface area contributed by atoms with Gasteiger partial charge in [-0.05, 0) is 0 Å². The second-order valence-corrected chi connectivity index (χ2v) is 4.46. The molecule has 1 aromatic heterocycles. The third-order valence-electron chi connectivity index (χ3n) is 0.862. The van der Waals surface area contributed by atoms with Crippen LogP contribution in [0.15, 0.2) is 26.5 Å². The van der Waals surface area contributed by atoms with Gasteiger partial charge in [0.05, 0.1) is 0 Å². The molecule has 0 N–H and O–H groups in total. The van der Waals surface area contributed by atoms with E-state index in [1.54, 1.807) is 29.3 Å². The molecule has 5 heteroatoms. The molecule has 0 saturated heterocycles. The van der Waals surface area contributed by atoms with Gasteiger partial charge in [0.2, 0.25) is 0 Å². The Kier molecular flexibility index (Phi) is 4.30. The van der Waals surface area contributed by atoms with Crippen LogP contribution in [0.25, 0.3) is 0 Å². The quantitative estimate of drug-likeness (QED) is 0.731. The van der Waals surface area contributed by atoms with Gasteiger partial charge in [-0.3, -0.25) is 0 Å². The van der Waals surface area contributed by atoms with Crippen molar-refractivity contribution in [1.82, 2.24) is 4.98 Å². The van der Waals surface area contributed by atoms with Crippen molar-refractivity contribution >= 4 is 46.3 Å². The largest absolute Gasteiger partial charge is 0.238 e. The van der Waals surface area contributed by atoms with Crippen LogP contribution >= 0.6 is 46.3 Å². The molecule has 11 heavy (non-hydrogen) atoms. The zero-order chi connectivity index (χ0) is 8.10. The minimum Gasteiger partial charge on any atom is -0.238 e. The van der Waals surface area contributed by atoms with Gasteiger partial charge in [-0.2, -0.15) is 0 Å². The van der Waals surface area contributed by atoms with E-state index < -0.39 is 0 Å². The van der Waals surface area contributed by atoms with Crippen molar-refractivity contribution in [2.45, 2.75) is 4.34 Å². The van der Waals surface area contributed by atoms with Crippen molar-refractivity contribution < 1.29 is 0 Å². The SMILES string of the molecule is Cl/C=C(/Cl)CSc1nccs1. The Balaban J connectivity index is 2.35. The van der Waals surface area contributed by atoms with Crippen LogP contribution in [0, 0.1) is 0 Å². The van der Waals surface area contributed by atoms with E-state index in [0.717, 1.165) is 4.34 Å². The molecule has 0 bridgehead atoms. The van der Waals surface area contributed by atoms with Crippen LogP contribution in [0.3, 0.4) is 0 Å². The third kappa shape index (κ3) is 3.47. The van der Waals surface area contributed by atoms with E-state index in [9.17, 15) is 0 Å². The van der Waals surface area contributed by atoms with Gasteiger partial charge >= 0.3 is 0 Å². The number of halogens is 2. The molecule has 0 aliphatic carbocycles. The third-order valence-corrected chi connectivity index (χ3v) is 3.65. The summed E-state index contributed by atoms with van der Waals surface area (Å²) in [4.78, 5) is 4.08. The van der Waals surface area contributed by atoms with E-state index in [1.807, 2.05) is 5.38 Å². The minimum absolute atomic E-state index is 0.645. The van der Waals surface area contributed by atoms with E-state index in [1.165, 1.54) is 5.54 Å². The molecule has 1 heterocycles. The number of rotatable bonds is 3. The number of nitrogens with zero attached hydrogens (tertiary/aromatic N) is 1. The van der Waals surface area contributed by atoms with Crippen LogP contribution in [0.1, 0.15) is 0 Å². The lowest BCUT2D eigenvalue weighted by Gasteiger charge is -1.92. The molecule has 0 aliphatic heterocycles. The van der Waals surface area contributed by atoms with Crippen LogP contribution in [0.2, 0.25) is 0 Å². The number of thiazole rings is 1. The first-order valence-corrected chi connectivity index (χ1v) is 5.48. The summed E-state index contributed by atoms with van der Waals surface area (Å²) >= 11 is 14.2. The molecule has 0 saturated carbocycles. The molecule has 60 valence electrons. The first-order chi connectivity index (χ1) is 5.33. The van der Waals surface area contributed by atoms with Crippen LogP contribution in [-0.4, -0.2) is 10.7 Å². The van der Waals surface area contributed by atoms with E-state index in [0.29, 0.717) is 10.8 Å². The summed E-state index contributed by atoms with van der Waals surface area (Å²) in [6.07, 6.45) is 1.77. The minimum atomic E-state index is 0.645. The zero-order valence-corrected chi connectivity index (χ0v) is 8.60. The molecule has 0 fully saturated rings. The van der Waals surface area contributed by atoms with Gasteiger partial charge in [0, 0.05) is 27.9 Å². The monoisotopic (exact) mass is 225 g/mol. The maximum Gasteiger partial charge on any atom is 0.150 e. The summed E-state index contributed by atoms with van der Waals surface area (Å²) in [7, 11) is 0. The fourth-order valence-electron chi connectivity index (χ4n) is 0.444. The summed E-state index contributed by atoms with van der Waals surface area (Å²) in [5, 5.41) is 2.58. The first-order valence-electron chi connectivity index (χ1n) is 2.80. The van der Waals surface area contributed by atoms with Gasteiger partial charge in [0.25, 0.3) is 0 Å². The second kappa shape index (κ2) is 5.04. The van der Waals surface area contributed by atoms with Crippen LogP contribution in [0.4, 0.5) is 0 Å². The summed E-state index contributed by atoms with van der Waals surface area (Å²) in [6, 6.07) is 0. The predicted octanol–water partition coefficient (Wildman–Crippen LogP) is 3.55. The molecule has 1 nitrogen and oxygen atoms in total. The number of thioether (sulfide) groups is 1. The van der Waals surface area contributed by atoms with Crippen molar-refractivity contribution in [3.63, 3.8) is 0 Å². The van der Waals surface area contributed by atoms with Gasteiger partial charge in [0.15, 0.2) is 0 Å². The Morgan fingerprint density at radius 1 is 1.82 bits per heavy atom. The molecule has 0 amide bonds. The zero-order valence-electron chi connectivity index (χ0n) is 5.46. The molecule has 1 rings (SSSR count). The Morgan fingerprint density at radius 2 is 2.64 bits per heavy atom. The van der Waals surface area contributed by atoms with Gasteiger partial charge in [-0.1, -0.05) is 35.0 Å². The molecular weight excluding hydrogens is 221 g/mol. The molecule has 0 radical (unpaired) electrons. The standard InChI is InChI=1S/C6H5Cl2NS2/c7-3-5(8)4-11-6-9-1-2-10-6/h1-3H,4H2/b5-3+. The Morgan fingerprint density at radius 3 is 3.18 bits per heavy atom. The number of hydrogen-bond donors (Lipinski definition) is 0. The lowest BCUT2D eigenvalue weighted by molar-refractivity contribution is 1.25. The maximum atomic E-state index is 5.67. The van der Waals surface area contributed by atoms with Crippen molar-refractivity contribution in [1.29, 1.82) is 0 Å². The van der Waals surface area contributed by atoms with Crippen molar-refractivity contribution in [2.75, 3.05) is 5.75 Å². The van der Waals surface area contributed by atoms with E-state index in [2.05, 4.69) is 4.98 Å². The summed E-state index contributed by atoms with van der Waals surface area (Å²) in [5.74, 6) is 0.693. The molecule has 0 aliphatic rings. The lowest BCUT2D eigenvalue weighted by atomic mass is 10.7. The summed E-state index contributed by atoms with van der Waals surface area (Å²) < 4.78 is 1.02. The van der Waals surface area contributed by atoms with Gasteiger partial charge < -0.3 is 0 Å². The van der Waals surface area contributed by atoms with Crippen LogP contribution in [-0.2, 0) is 0 Å². The number of hydrogen-bond acceptors (Lipinski definition) is 3. The fourth-order valence-corrected chi connectivity index (χ4v) is 2.23. The van der Waals surface area contributed by atoms with Gasteiger partial charge in [0.1, 0.15) is 4.34 Å². The summed E-state index contributed by atoms with van der Waals surface area (Å²) in [5.41, 5.74) is 1.38. The van der Waals surface area contributed by atoms with Crippen LogP contribution in [0.5, 0.6) is 0 Å². The van der Waals surface area contributed by atoms with E-state index in [-0.39, 0.29) is 0 Å². The van der Waals surface area contributed by atoms with Gasteiger partial charge in [-0.15, -0.1) is 11.3 Å². The van der Waals surface area contributed by atoms with Crippen molar-refractivity contribution in [2.24, 2.45) is 0 Å². The molecule has 0 atom stereocenters. The smallest absolute Gasteiger partial charge is 0.150 e. The van der Waals surface area contributed by atoms with Crippen LogP contribution < -0.4 is 0 Å². The van der Waals surface area contributed by atoms with Crippen molar-refractivity contribution in [3.05, 3.63) is 22.1 Å². The summed E-state index contributed by atoms with van der Waals surface area (Å²) in [6.45, 7) is 0. The topological polar surface area (TPSA) is 12.9 Å².